The fraction of sp³-hybridized carbons (Fsp3) is 0.316. The zero-order chi connectivity index (χ0) is 16.4. The highest BCUT2D eigenvalue weighted by molar-refractivity contribution is 5.83. The van der Waals surface area contributed by atoms with E-state index in [2.05, 4.69) is 12.1 Å². The molecule has 0 fully saturated rings. The van der Waals surface area contributed by atoms with Crippen molar-refractivity contribution in [2.24, 2.45) is 0 Å². The Kier molecular flexibility index (Phi) is 4.44. The van der Waals surface area contributed by atoms with Gasteiger partial charge in [0.2, 0.25) is 5.91 Å². The topological polar surface area (TPSA) is 23.6 Å². The SMILES string of the molecule is CN(C)C(C(=O)N1CCc2ccccc2C1)c1ccccc1F. The van der Waals surface area contributed by atoms with Crippen LogP contribution in [0, 0.1) is 5.82 Å². The van der Waals surface area contributed by atoms with Crippen LogP contribution in [-0.4, -0.2) is 36.3 Å². The van der Waals surface area contributed by atoms with Crippen LogP contribution in [0.3, 0.4) is 0 Å². The second-order valence-electron chi connectivity index (χ2n) is 6.17. The summed E-state index contributed by atoms with van der Waals surface area (Å²) >= 11 is 0. The molecule has 4 heteroatoms. The van der Waals surface area contributed by atoms with Gasteiger partial charge in [-0.05, 0) is 37.7 Å². The van der Waals surface area contributed by atoms with Crippen molar-refractivity contribution in [3.63, 3.8) is 0 Å². The second-order valence-corrected chi connectivity index (χ2v) is 6.17. The van der Waals surface area contributed by atoms with E-state index in [0.717, 1.165) is 6.42 Å². The van der Waals surface area contributed by atoms with Crippen LogP contribution in [0.2, 0.25) is 0 Å². The van der Waals surface area contributed by atoms with Crippen LogP contribution in [0.25, 0.3) is 0 Å². The summed E-state index contributed by atoms with van der Waals surface area (Å²) < 4.78 is 14.2. The van der Waals surface area contributed by atoms with Gasteiger partial charge in [-0.15, -0.1) is 0 Å². The Morgan fingerprint density at radius 1 is 1.09 bits per heavy atom. The number of hydrogen-bond acceptors (Lipinski definition) is 2. The minimum Gasteiger partial charge on any atom is -0.336 e. The van der Waals surface area contributed by atoms with Gasteiger partial charge < -0.3 is 4.90 Å². The third-order valence-corrected chi connectivity index (χ3v) is 4.39. The third kappa shape index (κ3) is 3.13. The quantitative estimate of drug-likeness (QED) is 0.870. The predicted molar refractivity (Wildman–Crippen MR) is 88.4 cm³/mol. The van der Waals surface area contributed by atoms with Crippen molar-refractivity contribution in [1.82, 2.24) is 9.80 Å². The van der Waals surface area contributed by atoms with Gasteiger partial charge in [0.15, 0.2) is 0 Å². The van der Waals surface area contributed by atoms with Crippen LogP contribution in [0.5, 0.6) is 0 Å². The van der Waals surface area contributed by atoms with Crippen LogP contribution in [-0.2, 0) is 17.8 Å². The first-order chi connectivity index (χ1) is 11.1. The number of likely N-dealkylation sites (N-methyl/N-ethyl adjacent to an activating group) is 1. The molecule has 3 nitrogen and oxygen atoms in total. The first-order valence-corrected chi connectivity index (χ1v) is 7.84. The number of halogens is 1. The molecule has 0 aromatic heterocycles. The Morgan fingerprint density at radius 2 is 1.74 bits per heavy atom. The van der Waals surface area contributed by atoms with Crippen molar-refractivity contribution in [1.29, 1.82) is 0 Å². The molecule has 1 amide bonds. The second kappa shape index (κ2) is 6.50. The molecule has 1 aliphatic rings. The number of rotatable bonds is 3. The van der Waals surface area contributed by atoms with Crippen molar-refractivity contribution >= 4 is 5.91 Å². The molecule has 0 radical (unpaired) electrons. The summed E-state index contributed by atoms with van der Waals surface area (Å²) in [6.45, 7) is 1.27. The lowest BCUT2D eigenvalue weighted by molar-refractivity contribution is -0.137. The standard InChI is InChI=1S/C19H21FN2O/c1-21(2)18(16-9-5-6-10-17(16)20)19(23)22-12-11-14-7-3-4-8-15(14)13-22/h3-10,18H,11-13H2,1-2H3. The normalized spacial score (nSPS) is 15.4. The van der Waals surface area contributed by atoms with Crippen LogP contribution in [0.15, 0.2) is 48.5 Å². The lowest BCUT2D eigenvalue weighted by Gasteiger charge is -2.34. The van der Waals surface area contributed by atoms with E-state index in [9.17, 15) is 9.18 Å². The summed E-state index contributed by atoms with van der Waals surface area (Å²) in [5, 5.41) is 0. The Morgan fingerprint density at radius 3 is 2.43 bits per heavy atom. The molecule has 1 heterocycles. The average Bonchev–Trinajstić information content (AvgIpc) is 2.56. The predicted octanol–water partition coefficient (Wildman–Crippen LogP) is 3.01. The summed E-state index contributed by atoms with van der Waals surface area (Å²) in [6, 6.07) is 14.1. The Bertz CT molecular complexity index is 714. The smallest absolute Gasteiger partial charge is 0.244 e. The highest BCUT2D eigenvalue weighted by Gasteiger charge is 2.31. The van der Waals surface area contributed by atoms with Gasteiger partial charge in [0.05, 0.1) is 0 Å². The first kappa shape index (κ1) is 15.7. The molecule has 23 heavy (non-hydrogen) atoms. The molecule has 0 saturated heterocycles. The maximum atomic E-state index is 14.2. The Hall–Kier alpha value is -2.20. The van der Waals surface area contributed by atoms with E-state index in [0.29, 0.717) is 18.7 Å². The lowest BCUT2D eigenvalue weighted by atomic mass is 9.97. The molecule has 0 saturated carbocycles. The summed E-state index contributed by atoms with van der Waals surface area (Å²) in [6.07, 6.45) is 0.847. The lowest BCUT2D eigenvalue weighted by Crippen LogP contribution is -2.43. The number of benzene rings is 2. The van der Waals surface area contributed by atoms with Crippen LogP contribution in [0.4, 0.5) is 4.39 Å². The largest absolute Gasteiger partial charge is 0.336 e. The minimum atomic E-state index is -0.596. The monoisotopic (exact) mass is 312 g/mol. The fourth-order valence-corrected chi connectivity index (χ4v) is 3.19. The number of fused-ring (bicyclic) bond motifs is 1. The summed E-state index contributed by atoms with van der Waals surface area (Å²) in [5.74, 6) is -0.383. The summed E-state index contributed by atoms with van der Waals surface area (Å²) in [7, 11) is 3.62. The van der Waals surface area contributed by atoms with Gasteiger partial charge in [-0.3, -0.25) is 9.69 Å². The highest BCUT2D eigenvalue weighted by atomic mass is 19.1. The molecule has 120 valence electrons. The van der Waals surface area contributed by atoms with Gasteiger partial charge in [-0.2, -0.15) is 0 Å². The van der Waals surface area contributed by atoms with Crippen LogP contribution >= 0.6 is 0 Å². The molecule has 0 N–H and O–H groups in total. The van der Waals surface area contributed by atoms with E-state index in [4.69, 9.17) is 0 Å². The summed E-state index contributed by atoms with van der Waals surface area (Å²) in [4.78, 5) is 16.6. The van der Waals surface area contributed by atoms with E-state index < -0.39 is 6.04 Å². The molecule has 1 aliphatic heterocycles. The maximum Gasteiger partial charge on any atom is 0.244 e. The zero-order valence-electron chi connectivity index (χ0n) is 13.5. The van der Waals surface area contributed by atoms with Crippen LogP contribution in [0.1, 0.15) is 22.7 Å². The molecular formula is C19H21FN2O. The van der Waals surface area contributed by atoms with Crippen LogP contribution < -0.4 is 0 Å². The molecule has 3 rings (SSSR count). The number of nitrogens with zero attached hydrogens (tertiary/aromatic N) is 2. The average molecular weight is 312 g/mol. The van der Waals surface area contributed by atoms with Gasteiger partial charge in [0.1, 0.15) is 11.9 Å². The molecule has 1 unspecified atom stereocenters. The number of hydrogen-bond donors (Lipinski definition) is 0. The van der Waals surface area contributed by atoms with Gasteiger partial charge in [-0.1, -0.05) is 42.5 Å². The molecule has 1 atom stereocenters. The van der Waals surface area contributed by atoms with E-state index >= 15 is 0 Å². The van der Waals surface area contributed by atoms with Crippen molar-refractivity contribution in [3.8, 4) is 0 Å². The van der Waals surface area contributed by atoms with E-state index in [1.807, 2.05) is 31.1 Å². The maximum absolute atomic E-state index is 14.2. The molecule has 0 spiro atoms. The Balaban J connectivity index is 1.87. The van der Waals surface area contributed by atoms with Gasteiger partial charge >= 0.3 is 0 Å². The van der Waals surface area contributed by atoms with Gasteiger partial charge in [0, 0.05) is 18.7 Å². The minimum absolute atomic E-state index is 0.0467. The first-order valence-electron chi connectivity index (χ1n) is 7.84. The molecular weight excluding hydrogens is 291 g/mol. The van der Waals surface area contributed by atoms with Gasteiger partial charge in [0.25, 0.3) is 0 Å². The van der Waals surface area contributed by atoms with E-state index in [1.165, 1.54) is 17.2 Å². The summed E-state index contributed by atoms with van der Waals surface area (Å²) in [5.41, 5.74) is 2.91. The number of carbonyl (C=O) groups excluding carboxylic acids is 1. The van der Waals surface area contributed by atoms with Crippen molar-refractivity contribution in [2.75, 3.05) is 20.6 Å². The Labute approximate surface area is 136 Å². The van der Waals surface area contributed by atoms with Crippen molar-refractivity contribution in [2.45, 2.75) is 19.0 Å². The molecule has 0 aliphatic carbocycles. The number of carbonyl (C=O) groups is 1. The van der Waals surface area contributed by atoms with Crippen molar-refractivity contribution in [3.05, 3.63) is 71.0 Å². The third-order valence-electron chi connectivity index (χ3n) is 4.39. The van der Waals surface area contributed by atoms with E-state index in [1.54, 1.807) is 23.1 Å². The highest BCUT2D eigenvalue weighted by Crippen LogP contribution is 2.27. The number of amides is 1. The van der Waals surface area contributed by atoms with Gasteiger partial charge in [-0.25, -0.2) is 4.39 Å². The fourth-order valence-electron chi connectivity index (χ4n) is 3.19. The zero-order valence-corrected chi connectivity index (χ0v) is 13.5. The van der Waals surface area contributed by atoms with Crippen molar-refractivity contribution < 1.29 is 9.18 Å². The molecule has 2 aromatic carbocycles. The molecule has 2 aromatic rings. The molecule has 0 bridgehead atoms. The van der Waals surface area contributed by atoms with E-state index in [-0.39, 0.29) is 11.7 Å².